The van der Waals surface area contributed by atoms with E-state index in [0.717, 1.165) is 23.9 Å². The van der Waals surface area contributed by atoms with Crippen LogP contribution in [0.2, 0.25) is 0 Å². The number of benzene rings is 1. The molecule has 0 saturated carbocycles. The maximum Gasteiger partial charge on any atom is 0.328 e. The highest BCUT2D eigenvalue weighted by molar-refractivity contribution is 5.84. The number of amides is 2. The topological polar surface area (TPSA) is 87.3 Å². The maximum atomic E-state index is 14.6. The molecule has 2 aromatic rings. The molecule has 0 radical (unpaired) electrons. The summed E-state index contributed by atoms with van der Waals surface area (Å²) in [6.45, 7) is 3.97. The molecule has 1 aromatic heterocycles. The summed E-state index contributed by atoms with van der Waals surface area (Å²) >= 11 is 0. The molecule has 29 heavy (non-hydrogen) atoms. The van der Waals surface area contributed by atoms with Gasteiger partial charge in [-0.1, -0.05) is 20.3 Å². The molecule has 0 saturated heterocycles. The Morgan fingerprint density at radius 2 is 2.17 bits per heavy atom. The molecule has 1 aromatic carbocycles. The quantitative estimate of drug-likeness (QED) is 0.748. The van der Waals surface area contributed by atoms with Crippen LogP contribution in [0.4, 0.5) is 13.6 Å². The normalized spacial score (nSPS) is 18.0. The Bertz CT molecular complexity index is 902. The molecule has 9 heteroatoms. The van der Waals surface area contributed by atoms with Crippen LogP contribution in [0.1, 0.15) is 43.3 Å². The highest BCUT2D eigenvalue weighted by Gasteiger charge is 2.38. The van der Waals surface area contributed by atoms with Crippen molar-refractivity contribution in [2.75, 3.05) is 13.7 Å². The molecule has 3 rings (SSSR count). The van der Waals surface area contributed by atoms with Crippen molar-refractivity contribution in [3.63, 3.8) is 0 Å². The lowest BCUT2D eigenvalue weighted by Crippen LogP contribution is -2.53. The molecule has 2 heterocycles. The molecular weight excluding hydrogens is 382 g/mol. The SMILES string of the molecule is CC[C@H](C)[C@@H](NC(=O)N1CCc2[nH]cnc2[C@@H]1c1cc(F)ccc1F)C(=O)OC. The Morgan fingerprint density at radius 3 is 2.86 bits per heavy atom. The minimum atomic E-state index is -0.920. The van der Waals surface area contributed by atoms with Gasteiger partial charge >= 0.3 is 12.0 Å². The fourth-order valence-corrected chi connectivity index (χ4v) is 3.55. The first-order valence-corrected chi connectivity index (χ1v) is 9.49. The number of imidazole rings is 1. The standard InChI is InChI=1S/C20H24F2N4O3/c1-4-11(2)16(19(27)29-3)25-20(28)26-8-7-15-17(24-10-23-15)18(26)13-9-12(21)5-6-14(13)22/h5-6,9-11,16,18H,4,7-8H2,1-3H3,(H,23,24)(H,25,28)/t11-,16+,18-/m0/s1. The van der Waals surface area contributed by atoms with Crippen molar-refractivity contribution < 1.29 is 23.1 Å². The van der Waals surface area contributed by atoms with Gasteiger partial charge < -0.3 is 19.9 Å². The summed E-state index contributed by atoms with van der Waals surface area (Å²) in [6.07, 6.45) is 2.58. The van der Waals surface area contributed by atoms with Gasteiger partial charge in [-0.15, -0.1) is 0 Å². The lowest BCUT2D eigenvalue weighted by molar-refractivity contribution is -0.144. The molecule has 2 amide bonds. The van der Waals surface area contributed by atoms with Gasteiger partial charge in [0.15, 0.2) is 0 Å². The number of halogens is 2. The van der Waals surface area contributed by atoms with E-state index in [2.05, 4.69) is 15.3 Å². The van der Waals surface area contributed by atoms with Gasteiger partial charge in [-0.3, -0.25) is 0 Å². The first kappa shape index (κ1) is 20.8. The van der Waals surface area contributed by atoms with Crippen LogP contribution in [0.15, 0.2) is 24.5 Å². The number of aromatic nitrogens is 2. The van der Waals surface area contributed by atoms with Crippen molar-refractivity contribution in [1.29, 1.82) is 0 Å². The Labute approximate surface area is 167 Å². The number of hydrogen-bond donors (Lipinski definition) is 2. The second kappa shape index (κ2) is 8.59. The fourth-order valence-electron chi connectivity index (χ4n) is 3.55. The van der Waals surface area contributed by atoms with Gasteiger partial charge in [0.2, 0.25) is 0 Å². The number of ether oxygens (including phenoxy) is 1. The minimum absolute atomic E-state index is 0.00589. The van der Waals surface area contributed by atoms with Crippen molar-refractivity contribution in [3.05, 3.63) is 53.1 Å². The van der Waals surface area contributed by atoms with Crippen molar-refractivity contribution >= 4 is 12.0 Å². The lowest BCUT2D eigenvalue weighted by atomic mass is 9.95. The monoisotopic (exact) mass is 406 g/mol. The van der Waals surface area contributed by atoms with Gasteiger partial charge in [-0.2, -0.15) is 0 Å². The minimum Gasteiger partial charge on any atom is -0.467 e. The Balaban J connectivity index is 1.97. The molecule has 0 unspecified atom stereocenters. The van der Waals surface area contributed by atoms with E-state index in [1.54, 1.807) is 0 Å². The van der Waals surface area contributed by atoms with Crippen molar-refractivity contribution in [1.82, 2.24) is 20.2 Å². The number of esters is 1. The fraction of sp³-hybridized carbons (Fsp3) is 0.450. The number of fused-ring (bicyclic) bond motifs is 1. The molecule has 0 aliphatic carbocycles. The van der Waals surface area contributed by atoms with Crippen LogP contribution in [0.5, 0.6) is 0 Å². The molecule has 2 N–H and O–H groups in total. The average molecular weight is 406 g/mol. The van der Waals surface area contributed by atoms with E-state index in [1.807, 2.05) is 13.8 Å². The number of hydrogen-bond acceptors (Lipinski definition) is 4. The number of H-pyrrole nitrogens is 1. The summed E-state index contributed by atoms with van der Waals surface area (Å²) in [4.78, 5) is 33.9. The predicted molar refractivity (Wildman–Crippen MR) is 101 cm³/mol. The zero-order valence-corrected chi connectivity index (χ0v) is 16.5. The molecule has 1 aliphatic rings. The summed E-state index contributed by atoms with van der Waals surface area (Å²) in [7, 11) is 1.26. The first-order chi connectivity index (χ1) is 13.9. The number of methoxy groups -OCH3 is 1. The summed E-state index contributed by atoms with van der Waals surface area (Å²) in [6, 6.07) is 0.776. The van der Waals surface area contributed by atoms with Crippen molar-refractivity contribution in [2.45, 2.75) is 38.8 Å². The number of carbonyl (C=O) groups excluding carboxylic acids is 2. The van der Waals surface area contributed by atoms with Gasteiger partial charge in [0.1, 0.15) is 23.7 Å². The molecule has 156 valence electrons. The third kappa shape index (κ3) is 4.08. The van der Waals surface area contributed by atoms with E-state index in [1.165, 1.54) is 18.3 Å². The van der Waals surface area contributed by atoms with Gasteiger partial charge in [0.05, 0.1) is 19.1 Å². The Kier molecular flexibility index (Phi) is 6.14. The van der Waals surface area contributed by atoms with Crippen LogP contribution >= 0.6 is 0 Å². The van der Waals surface area contributed by atoms with Crippen molar-refractivity contribution in [3.8, 4) is 0 Å². The van der Waals surface area contributed by atoms with Crippen LogP contribution < -0.4 is 5.32 Å². The largest absolute Gasteiger partial charge is 0.467 e. The smallest absolute Gasteiger partial charge is 0.328 e. The summed E-state index contributed by atoms with van der Waals surface area (Å²) < 4.78 is 33.3. The second-order valence-electron chi connectivity index (χ2n) is 7.11. The molecular formula is C20H24F2N4O3. The van der Waals surface area contributed by atoms with E-state index < -0.39 is 35.7 Å². The van der Waals surface area contributed by atoms with Gasteiger partial charge in [0, 0.05) is 24.2 Å². The summed E-state index contributed by atoms with van der Waals surface area (Å²) in [5, 5.41) is 2.70. The predicted octanol–water partition coefficient (Wildman–Crippen LogP) is 2.93. The van der Waals surface area contributed by atoms with Gasteiger partial charge in [-0.05, 0) is 24.1 Å². The van der Waals surface area contributed by atoms with Crippen molar-refractivity contribution in [2.24, 2.45) is 5.92 Å². The van der Waals surface area contributed by atoms with E-state index in [0.29, 0.717) is 18.5 Å². The summed E-state index contributed by atoms with van der Waals surface area (Å²) in [5.41, 5.74) is 1.22. The molecule has 7 nitrogen and oxygen atoms in total. The van der Waals surface area contributed by atoms with E-state index in [9.17, 15) is 18.4 Å². The highest BCUT2D eigenvalue weighted by Crippen LogP contribution is 2.35. The number of aromatic amines is 1. The number of urea groups is 1. The zero-order valence-electron chi connectivity index (χ0n) is 16.5. The van der Waals surface area contributed by atoms with Crippen LogP contribution in [-0.2, 0) is 16.0 Å². The number of carbonyl (C=O) groups is 2. The first-order valence-electron chi connectivity index (χ1n) is 9.49. The Morgan fingerprint density at radius 1 is 1.41 bits per heavy atom. The molecule has 1 aliphatic heterocycles. The number of nitrogens with zero attached hydrogens (tertiary/aromatic N) is 2. The molecule has 0 spiro atoms. The number of rotatable bonds is 5. The van der Waals surface area contributed by atoms with Gasteiger partial charge in [0.25, 0.3) is 0 Å². The van der Waals surface area contributed by atoms with E-state index >= 15 is 0 Å². The van der Waals surface area contributed by atoms with E-state index in [-0.39, 0.29) is 18.0 Å². The Hall–Kier alpha value is -2.97. The second-order valence-corrected chi connectivity index (χ2v) is 7.11. The average Bonchev–Trinajstić information content (AvgIpc) is 3.20. The van der Waals surface area contributed by atoms with Crippen LogP contribution in [0.25, 0.3) is 0 Å². The molecule has 0 fully saturated rings. The van der Waals surface area contributed by atoms with Crippen LogP contribution in [0.3, 0.4) is 0 Å². The van der Waals surface area contributed by atoms with E-state index in [4.69, 9.17) is 4.74 Å². The van der Waals surface area contributed by atoms with Crippen LogP contribution in [0, 0.1) is 17.6 Å². The highest BCUT2D eigenvalue weighted by atomic mass is 19.1. The zero-order chi connectivity index (χ0) is 21.1. The third-order valence-electron chi connectivity index (χ3n) is 5.39. The maximum absolute atomic E-state index is 14.6. The molecule has 3 atom stereocenters. The van der Waals surface area contributed by atoms with Gasteiger partial charge in [-0.25, -0.2) is 23.4 Å². The van der Waals surface area contributed by atoms with Crippen LogP contribution in [-0.4, -0.2) is 46.6 Å². The summed E-state index contributed by atoms with van der Waals surface area (Å²) in [5.74, 6) is -1.98. The molecule has 0 bridgehead atoms. The third-order valence-corrected chi connectivity index (χ3v) is 5.39. The lowest BCUT2D eigenvalue weighted by Gasteiger charge is -2.36. The number of nitrogens with one attached hydrogen (secondary N) is 2.